The van der Waals surface area contributed by atoms with Crippen LogP contribution in [0.4, 0.5) is 0 Å². The fourth-order valence-corrected chi connectivity index (χ4v) is 3.30. The molecule has 2 aromatic carbocycles. The van der Waals surface area contributed by atoms with E-state index in [1.165, 1.54) is 10.6 Å². The number of benzene rings is 2. The Morgan fingerprint density at radius 2 is 1.96 bits per heavy atom. The van der Waals surface area contributed by atoms with Crippen molar-refractivity contribution < 1.29 is 9.53 Å². The van der Waals surface area contributed by atoms with Crippen molar-refractivity contribution in [2.75, 3.05) is 7.11 Å². The Morgan fingerprint density at radius 1 is 1.18 bits per heavy atom. The Bertz CT molecular complexity index is 1320. The molecule has 0 radical (unpaired) electrons. The minimum Gasteiger partial charge on any atom is -0.497 e. The first-order chi connectivity index (χ1) is 13.6. The number of methoxy groups -OCH3 is 1. The maximum absolute atomic E-state index is 12.7. The normalized spacial score (nSPS) is 10.7. The van der Waals surface area contributed by atoms with Crippen LogP contribution in [0, 0.1) is 11.3 Å². The number of rotatable bonds is 4. The van der Waals surface area contributed by atoms with Gasteiger partial charge in [-0.15, -0.1) is 0 Å². The number of hydrogen-bond acceptors (Lipinski definition) is 5. The average Bonchev–Trinajstić information content (AvgIpc) is 2.74. The van der Waals surface area contributed by atoms with E-state index >= 15 is 0 Å². The maximum Gasteiger partial charge on any atom is 0.252 e. The predicted octanol–water partition coefficient (Wildman–Crippen LogP) is 3.31. The summed E-state index contributed by atoms with van der Waals surface area (Å²) in [5, 5.41) is 10.9. The Balaban J connectivity index is 1.88. The highest BCUT2D eigenvalue weighted by Gasteiger charge is 2.15. The lowest BCUT2D eigenvalue weighted by Gasteiger charge is -2.12. The van der Waals surface area contributed by atoms with E-state index in [9.17, 15) is 14.9 Å². The van der Waals surface area contributed by atoms with Gasteiger partial charge in [-0.2, -0.15) is 5.26 Å². The van der Waals surface area contributed by atoms with E-state index < -0.39 is 5.56 Å². The summed E-state index contributed by atoms with van der Waals surface area (Å²) in [7, 11) is 1.55. The van der Waals surface area contributed by atoms with Crippen molar-refractivity contribution in [2.24, 2.45) is 0 Å². The van der Waals surface area contributed by atoms with Crippen LogP contribution in [0.3, 0.4) is 0 Å². The molecule has 0 aliphatic rings. The van der Waals surface area contributed by atoms with Crippen molar-refractivity contribution in [1.29, 1.82) is 5.26 Å². The molecule has 0 fully saturated rings. The van der Waals surface area contributed by atoms with E-state index in [1.807, 2.05) is 6.07 Å². The van der Waals surface area contributed by atoms with Gasteiger partial charge in [-0.05, 0) is 42.5 Å². The van der Waals surface area contributed by atoms with Gasteiger partial charge in [-0.1, -0.05) is 6.07 Å². The largest absolute Gasteiger partial charge is 0.497 e. The van der Waals surface area contributed by atoms with E-state index in [4.69, 9.17) is 4.74 Å². The molecule has 2 heterocycles. The smallest absolute Gasteiger partial charge is 0.252 e. The van der Waals surface area contributed by atoms with Crippen LogP contribution in [-0.2, 0) is 6.54 Å². The van der Waals surface area contributed by atoms with Crippen molar-refractivity contribution in [3.05, 3.63) is 82.3 Å². The zero-order valence-electron chi connectivity index (χ0n) is 15.0. The molecular weight excluding hydrogens is 354 g/mol. The zero-order valence-corrected chi connectivity index (χ0v) is 15.0. The van der Waals surface area contributed by atoms with E-state index in [2.05, 4.69) is 11.1 Å². The van der Waals surface area contributed by atoms with Crippen LogP contribution in [0.15, 0.2) is 65.6 Å². The van der Waals surface area contributed by atoms with Gasteiger partial charge in [0, 0.05) is 28.6 Å². The number of ketones is 1. The van der Waals surface area contributed by atoms with E-state index in [0.29, 0.717) is 22.2 Å². The highest BCUT2D eigenvalue weighted by Crippen LogP contribution is 2.26. The summed E-state index contributed by atoms with van der Waals surface area (Å²) >= 11 is 0. The summed E-state index contributed by atoms with van der Waals surface area (Å²) in [6.07, 6.45) is 1.67. The third-order valence-electron chi connectivity index (χ3n) is 4.69. The molecular formula is C22H15N3O3. The number of nitrogens with zero attached hydrogens (tertiary/aromatic N) is 3. The first-order valence-electron chi connectivity index (χ1n) is 8.61. The third-order valence-corrected chi connectivity index (χ3v) is 4.69. The molecule has 0 spiro atoms. The van der Waals surface area contributed by atoms with Gasteiger partial charge in [-0.25, -0.2) is 0 Å². The quantitative estimate of drug-likeness (QED) is 0.407. The molecule has 0 aliphatic heterocycles. The molecule has 136 valence electrons. The lowest BCUT2D eigenvalue weighted by atomic mass is 10.0. The van der Waals surface area contributed by atoms with E-state index in [0.717, 1.165) is 10.9 Å². The highest BCUT2D eigenvalue weighted by molar-refractivity contribution is 6.08. The number of aromatic nitrogens is 2. The number of fused-ring (bicyclic) bond motifs is 3. The molecule has 0 saturated carbocycles. The minimum atomic E-state index is -0.394. The number of pyridine rings is 2. The molecule has 2 aromatic heterocycles. The van der Waals surface area contributed by atoms with Gasteiger partial charge in [0.2, 0.25) is 0 Å². The van der Waals surface area contributed by atoms with Gasteiger partial charge in [0.25, 0.3) is 5.56 Å². The number of carbonyl (C=O) groups excluding carboxylic acids is 1. The van der Waals surface area contributed by atoms with Gasteiger partial charge in [0.15, 0.2) is 5.78 Å². The van der Waals surface area contributed by atoms with Crippen LogP contribution in [0.2, 0.25) is 0 Å². The van der Waals surface area contributed by atoms with Crippen molar-refractivity contribution in [1.82, 2.24) is 9.55 Å². The van der Waals surface area contributed by atoms with Gasteiger partial charge < -0.3 is 9.30 Å². The summed E-state index contributed by atoms with van der Waals surface area (Å²) in [5.74, 6) is 0.443. The Kier molecular flexibility index (Phi) is 4.34. The minimum absolute atomic E-state index is 0.126. The van der Waals surface area contributed by atoms with Crippen molar-refractivity contribution in [3.8, 4) is 11.8 Å². The molecule has 28 heavy (non-hydrogen) atoms. The van der Waals surface area contributed by atoms with Gasteiger partial charge >= 0.3 is 0 Å². The Labute approximate surface area is 160 Å². The molecule has 0 atom stereocenters. The molecule has 6 heteroatoms. The van der Waals surface area contributed by atoms with Gasteiger partial charge in [-0.3, -0.25) is 14.6 Å². The number of ether oxygens (including phenoxy) is 1. The predicted molar refractivity (Wildman–Crippen MR) is 106 cm³/mol. The van der Waals surface area contributed by atoms with Gasteiger partial charge in [0.1, 0.15) is 11.8 Å². The van der Waals surface area contributed by atoms with Crippen LogP contribution in [-0.4, -0.2) is 22.4 Å². The first kappa shape index (κ1) is 17.4. The van der Waals surface area contributed by atoms with E-state index in [-0.39, 0.29) is 17.9 Å². The molecule has 0 saturated heterocycles. The fraction of sp³-hybridized carbons (Fsp3) is 0.0909. The van der Waals surface area contributed by atoms with Crippen LogP contribution >= 0.6 is 0 Å². The summed E-state index contributed by atoms with van der Waals surface area (Å²) in [4.78, 5) is 29.7. The third kappa shape index (κ3) is 2.89. The summed E-state index contributed by atoms with van der Waals surface area (Å²) in [6, 6.07) is 17.2. The number of nitriles is 1. The number of carbonyl (C=O) groups is 1. The topological polar surface area (TPSA) is 85.0 Å². The molecule has 0 unspecified atom stereocenters. The average molecular weight is 369 g/mol. The van der Waals surface area contributed by atoms with Gasteiger partial charge in [0.05, 0.1) is 30.3 Å². The molecule has 6 nitrogen and oxygen atoms in total. The molecule has 0 aliphatic carbocycles. The second-order valence-electron chi connectivity index (χ2n) is 6.28. The second kappa shape index (κ2) is 6.97. The van der Waals surface area contributed by atoms with Crippen LogP contribution in [0.1, 0.15) is 15.9 Å². The molecule has 4 aromatic rings. The zero-order chi connectivity index (χ0) is 19.7. The van der Waals surface area contributed by atoms with E-state index in [1.54, 1.807) is 55.8 Å². The summed E-state index contributed by atoms with van der Waals surface area (Å²) in [6.45, 7) is -0.126. The molecule has 4 rings (SSSR count). The fourth-order valence-electron chi connectivity index (χ4n) is 3.30. The van der Waals surface area contributed by atoms with Crippen molar-refractivity contribution >= 4 is 27.6 Å². The lowest BCUT2D eigenvalue weighted by molar-refractivity contribution is 0.0972. The Hall–Kier alpha value is -3.98. The number of Topliss-reactive ketones (excluding diaryl/α,β-unsaturated/α-hetero) is 1. The monoisotopic (exact) mass is 369 g/mol. The van der Waals surface area contributed by atoms with Crippen LogP contribution < -0.4 is 10.3 Å². The summed E-state index contributed by atoms with van der Waals surface area (Å²) < 4.78 is 6.51. The number of hydrogen-bond donors (Lipinski definition) is 0. The molecule has 0 amide bonds. The van der Waals surface area contributed by atoms with Crippen molar-refractivity contribution in [3.63, 3.8) is 0 Å². The second-order valence-corrected chi connectivity index (χ2v) is 6.28. The molecule has 0 bridgehead atoms. The Morgan fingerprint density at radius 3 is 2.68 bits per heavy atom. The van der Waals surface area contributed by atoms with Crippen LogP contribution in [0.5, 0.6) is 5.75 Å². The van der Waals surface area contributed by atoms with Crippen molar-refractivity contribution in [2.45, 2.75) is 6.54 Å². The molecule has 0 N–H and O–H groups in total. The lowest BCUT2D eigenvalue weighted by Crippen LogP contribution is -2.24. The SMILES string of the molecule is COc1ccc(C(=O)Cn2c(=O)cc(C#N)c3c4cccnc4ccc32)cc1. The summed E-state index contributed by atoms with van der Waals surface area (Å²) in [5.41, 5.74) is 1.61. The highest BCUT2D eigenvalue weighted by atomic mass is 16.5. The standard InChI is InChI=1S/C22H15N3O3/c1-28-16-6-4-14(5-7-16)20(26)13-25-19-9-8-18-17(3-2-10-24-18)22(19)15(12-23)11-21(25)27/h2-11H,13H2,1H3. The first-order valence-corrected chi connectivity index (χ1v) is 8.61. The maximum atomic E-state index is 12.7. The van der Waals surface area contributed by atoms with Crippen LogP contribution in [0.25, 0.3) is 21.8 Å².